The van der Waals surface area contributed by atoms with Gasteiger partial charge < -0.3 is 5.73 Å². The number of nitrogens with zero attached hydrogens (tertiary/aromatic N) is 2. The molecule has 0 amide bonds. The summed E-state index contributed by atoms with van der Waals surface area (Å²) in [6.45, 7) is 4.12. The third-order valence-electron chi connectivity index (χ3n) is 1.80. The first-order valence-electron chi connectivity index (χ1n) is 3.69. The molecule has 0 bridgehead atoms. The van der Waals surface area contributed by atoms with Crippen LogP contribution < -0.4 is 5.73 Å². The van der Waals surface area contributed by atoms with Gasteiger partial charge in [0.25, 0.3) is 0 Å². The minimum Gasteiger partial charge on any atom is -0.325 e. The van der Waals surface area contributed by atoms with E-state index in [2.05, 4.69) is 16.5 Å². The van der Waals surface area contributed by atoms with Crippen molar-refractivity contribution < 1.29 is 0 Å². The van der Waals surface area contributed by atoms with Crippen LogP contribution in [0.25, 0.3) is 0 Å². The molecule has 0 aliphatic rings. The van der Waals surface area contributed by atoms with Gasteiger partial charge in [0.1, 0.15) is 0 Å². The Kier molecular flexibility index (Phi) is 2.57. The third kappa shape index (κ3) is 2.55. The minimum atomic E-state index is -0.129. The third-order valence-corrected chi connectivity index (χ3v) is 2.35. The fourth-order valence-corrected chi connectivity index (χ4v) is 1.25. The van der Waals surface area contributed by atoms with Gasteiger partial charge in [-0.2, -0.15) is 0 Å². The highest BCUT2D eigenvalue weighted by atomic mass is 32.1. The summed E-state index contributed by atoms with van der Waals surface area (Å²) in [6.07, 6.45) is 1.78. The van der Waals surface area contributed by atoms with Crippen LogP contribution in [0, 0.1) is 0 Å². The standard InChI is InChI=1S/C7H13N3S/c1-3-7(2,8)4-6-5-11-10-9-6/h5H,3-4,8H2,1-2H3. The molecule has 0 aliphatic carbocycles. The average Bonchev–Trinajstić information content (AvgIpc) is 2.39. The molecule has 3 nitrogen and oxygen atoms in total. The summed E-state index contributed by atoms with van der Waals surface area (Å²) in [6, 6.07) is 0. The predicted molar refractivity (Wildman–Crippen MR) is 46.5 cm³/mol. The monoisotopic (exact) mass is 171 g/mol. The van der Waals surface area contributed by atoms with Crippen molar-refractivity contribution in [3.8, 4) is 0 Å². The van der Waals surface area contributed by atoms with Crippen molar-refractivity contribution in [2.45, 2.75) is 32.2 Å². The second-order valence-electron chi connectivity index (χ2n) is 3.08. The SMILES string of the molecule is CCC(C)(N)Cc1csnn1. The van der Waals surface area contributed by atoms with Crippen molar-refractivity contribution >= 4 is 11.5 Å². The van der Waals surface area contributed by atoms with Crippen LogP contribution in [0.15, 0.2) is 5.38 Å². The second-order valence-corrected chi connectivity index (χ2v) is 3.69. The summed E-state index contributed by atoms with van der Waals surface area (Å²) in [7, 11) is 0. The van der Waals surface area contributed by atoms with Crippen LogP contribution in [0.4, 0.5) is 0 Å². The van der Waals surface area contributed by atoms with Crippen molar-refractivity contribution in [1.82, 2.24) is 9.59 Å². The summed E-state index contributed by atoms with van der Waals surface area (Å²) in [5.41, 5.74) is 6.82. The molecule has 1 unspecified atom stereocenters. The Morgan fingerprint density at radius 3 is 2.91 bits per heavy atom. The Morgan fingerprint density at radius 2 is 2.45 bits per heavy atom. The second kappa shape index (κ2) is 3.28. The van der Waals surface area contributed by atoms with E-state index in [9.17, 15) is 0 Å². The molecule has 1 atom stereocenters. The Morgan fingerprint density at radius 1 is 1.73 bits per heavy atom. The molecule has 1 aromatic heterocycles. The van der Waals surface area contributed by atoms with Crippen LogP contribution in [0.5, 0.6) is 0 Å². The number of aromatic nitrogens is 2. The smallest absolute Gasteiger partial charge is 0.0773 e. The largest absolute Gasteiger partial charge is 0.325 e. The van der Waals surface area contributed by atoms with Crippen molar-refractivity contribution in [2.24, 2.45) is 5.73 Å². The van der Waals surface area contributed by atoms with Gasteiger partial charge in [0.05, 0.1) is 5.69 Å². The first kappa shape index (κ1) is 8.62. The summed E-state index contributed by atoms with van der Waals surface area (Å²) in [4.78, 5) is 0. The lowest BCUT2D eigenvalue weighted by molar-refractivity contribution is 0.445. The zero-order chi connectivity index (χ0) is 8.32. The maximum atomic E-state index is 5.94. The van der Waals surface area contributed by atoms with E-state index < -0.39 is 0 Å². The van der Waals surface area contributed by atoms with Gasteiger partial charge in [-0.15, -0.1) is 5.10 Å². The average molecular weight is 171 g/mol. The lowest BCUT2D eigenvalue weighted by atomic mass is 9.95. The van der Waals surface area contributed by atoms with Crippen LogP contribution in [0.1, 0.15) is 26.0 Å². The van der Waals surface area contributed by atoms with Crippen molar-refractivity contribution in [2.75, 3.05) is 0 Å². The van der Waals surface area contributed by atoms with E-state index in [1.54, 1.807) is 0 Å². The maximum absolute atomic E-state index is 5.94. The molecular formula is C7H13N3S. The van der Waals surface area contributed by atoms with Crippen LogP contribution >= 0.6 is 11.5 Å². The summed E-state index contributed by atoms with van der Waals surface area (Å²) in [5, 5.41) is 5.88. The van der Waals surface area contributed by atoms with E-state index in [1.807, 2.05) is 12.3 Å². The highest BCUT2D eigenvalue weighted by molar-refractivity contribution is 7.03. The molecule has 0 radical (unpaired) electrons. The summed E-state index contributed by atoms with van der Waals surface area (Å²) < 4.78 is 3.78. The lowest BCUT2D eigenvalue weighted by Crippen LogP contribution is -2.37. The maximum Gasteiger partial charge on any atom is 0.0773 e. The van der Waals surface area contributed by atoms with E-state index in [0.717, 1.165) is 18.5 Å². The minimum absolute atomic E-state index is 0.129. The van der Waals surface area contributed by atoms with Gasteiger partial charge >= 0.3 is 0 Å². The van der Waals surface area contributed by atoms with Crippen LogP contribution in [-0.4, -0.2) is 15.1 Å². The van der Waals surface area contributed by atoms with Gasteiger partial charge in [-0.1, -0.05) is 11.4 Å². The number of hydrogen-bond acceptors (Lipinski definition) is 4. The van der Waals surface area contributed by atoms with E-state index in [-0.39, 0.29) is 5.54 Å². The van der Waals surface area contributed by atoms with Gasteiger partial charge in [-0.05, 0) is 24.9 Å². The fourth-order valence-electron chi connectivity index (χ4n) is 0.800. The van der Waals surface area contributed by atoms with Crippen molar-refractivity contribution in [3.63, 3.8) is 0 Å². The van der Waals surface area contributed by atoms with Gasteiger partial charge in [-0.3, -0.25) is 0 Å². The number of rotatable bonds is 3. The van der Waals surface area contributed by atoms with Crippen LogP contribution in [-0.2, 0) is 6.42 Å². The number of nitrogens with two attached hydrogens (primary N) is 1. The molecule has 0 saturated heterocycles. The van der Waals surface area contributed by atoms with Crippen molar-refractivity contribution in [3.05, 3.63) is 11.1 Å². The normalized spacial score (nSPS) is 16.3. The van der Waals surface area contributed by atoms with Gasteiger partial charge in [0, 0.05) is 17.3 Å². The van der Waals surface area contributed by atoms with Crippen LogP contribution in [0.3, 0.4) is 0 Å². The Bertz CT molecular complexity index is 205. The molecule has 0 saturated carbocycles. The lowest BCUT2D eigenvalue weighted by Gasteiger charge is -2.20. The number of hydrogen-bond donors (Lipinski definition) is 1. The molecular weight excluding hydrogens is 158 g/mol. The van der Waals surface area contributed by atoms with Gasteiger partial charge in [-0.25, -0.2) is 0 Å². The zero-order valence-electron chi connectivity index (χ0n) is 6.87. The van der Waals surface area contributed by atoms with Crippen LogP contribution in [0.2, 0.25) is 0 Å². The fraction of sp³-hybridized carbons (Fsp3) is 0.714. The molecule has 1 aromatic rings. The molecule has 0 fully saturated rings. The molecule has 0 spiro atoms. The quantitative estimate of drug-likeness (QED) is 0.743. The molecule has 2 N–H and O–H groups in total. The van der Waals surface area contributed by atoms with Gasteiger partial charge in [0.2, 0.25) is 0 Å². The van der Waals surface area contributed by atoms with Gasteiger partial charge in [0.15, 0.2) is 0 Å². The molecule has 4 heteroatoms. The van der Waals surface area contributed by atoms with E-state index in [1.165, 1.54) is 11.5 Å². The molecule has 0 aliphatic heterocycles. The first-order valence-corrected chi connectivity index (χ1v) is 4.52. The Labute approximate surface area is 70.8 Å². The highest BCUT2D eigenvalue weighted by Gasteiger charge is 2.17. The van der Waals surface area contributed by atoms with E-state index in [4.69, 9.17) is 5.73 Å². The first-order chi connectivity index (χ1) is 5.14. The molecule has 62 valence electrons. The molecule has 1 rings (SSSR count). The predicted octanol–water partition coefficient (Wildman–Crippen LogP) is 1.21. The Hall–Kier alpha value is -0.480. The Balaban J connectivity index is 2.56. The molecule has 11 heavy (non-hydrogen) atoms. The zero-order valence-corrected chi connectivity index (χ0v) is 7.69. The highest BCUT2D eigenvalue weighted by Crippen LogP contribution is 2.12. The summed E-state index contributed by atoms with van der Waals surface area (Å²) in [5.74, 6) is 0. The topological polar surface area (TPSA) is 51.8 Å². The van der Waals surface area contributed by atoms with E-state index in [0.29, 0.717) is 0 Å². The van der Waals surface area contributed by atoms with Crippen molar-refractivity contribution in [1.29, 1.82) is 0 Å². The molecule has 0 aromatic carbocycles. The van der Waals surface area contributed by atoms with E-state index >= 15 is 0 Å². The molecule has 1 heterocycles. The summed E-state index contributed by atoms with van der Waals surface area (Å²) >= 11 is 1.37.